The van der Waals surface area contributed by atoms with Crippen molar-refractivity contribution in [3.8, 4) is 5.75 Å². The lowest BCUT2D eigenvalue weighted by molar-refractivity contribution is 0.0891. The summed E-state index contributed by atoms with van der Waals surface area (Å²) in [5, 5.41) is 15.9. The first-order valence-corrected chi connectivity index (χ1v) is 5.91. The molecule has 0 fully saturated rings. The van der Waals surface area contributed by atoms with E-state index in [1.54, 1.807) is 20.8 Å². The van der Waals surface area contributed by atoms with Crippen LogP contribution in [0, 0.1) is 12.7 Å². The number of aromatic nitrogens is 2. The summed E-state index contributed by atoms with van der Waals surface area (Å²) in [6.45, 7) is 4.98. The van der Waals surface area contributed by atoms with Gasteiger partial charge in [-0.25, -0.2) is 4.39 Å². The third kappa shape index (κ3) is 2.76. The zero-order chi connectivity index (χ0) is 14.9. The molecule has 20 heavy (non-hydrogen) atoms. The van der Waals surface area contributed by atoms with Gasteiger partial charge in [-0.15, -0.1) is 0 Å². The number of rotatable bonds is 3. The van der Waals surface area contributed by atoms with Crippen LogP contribution >= 0.6 is 0 Å². The largest absolute Gasteiger partial charge is 0.507 e. The van der Waals surface area contributed by atoms with Crippen LogP contribution in [0.1, 0.15) is 35.9 Å². The third-order valence-corrected chi connectivity index (χ3v) is 2.69. The summed E-state index contributed by atoms with van der Waals surface area (Å²) in [6, 6.07) is 3.15. The maximum atomic E-state index is 13.1. The Morgan fingerprint density at radius 3 is 2.75 bits per heavy atom. The quantitative estimate of drug-likeness (QED) is 0.895. The molecule has 6 nitrogen and oxygen atoms in total. The molecule has 1 amide bonds. The molecule has 1 aromatic heterocycles. The highest BCUT2D eigenvalue weighted by molar-refractivity contribution is 5.97. The second-order valence-electron chi connectivity index (χ2n) is 4.89. The Bertz CT molecular complexity index is 652. The van der Waals surface area contributed by atoms with Crippen molar-refractivity contribution in [2.45, 2.75) is 26.3 Å². The fourth-order valence-electron chi connectivity index (χ4n) is 1.65. The Morgan fingerprint density at radius 2 is 2.15 bits per heavy atom. The zero-order valence-electron chi connectivity index (χ0n) is 11.3. The minimum Gasteiger partial charge on any atom is -0.507 e. The average molecular weight is 279 g/mol. The molecule has 0 atom stereocenters. The second kappa shape index (κ2) is 4.92. The van der Waals surface area contributed by atoms with Crippen LogP contribution in [-0.2, 0) is 5.54 Å². The molecule has 0 aliphatic carbocycles. The van der Waals surface area contributed by atoms with Crippen molar-refractivity contribution in [1.82, 2.24) is 15.5 Å². The van der Waals surface area contributed by atoms with E-state index in [-0.39, 0.29) is 17.2 Å². The Hall–Kier alpha value is -2.44. The number of carbonyl (C=O) groups excluding carboxylic acids is 1. The number of benzene rings is 1. The lowest BCUT2D eigenvalue weighted by atomic mass is 10.0. The molecule has 0 saturated heterocycles. The first kappa shape index (κ1) is 14.0. The summed E-state index contributed by atoms with van der Waals surface area (Å²) in [5.74, 6) is -0.890. The molecule has 0 saturated carbocycles. The number of nitrogens with one attached hydrogen (secondary N) is 1. The molecule has 106 valence electrons. The van der Waals surface area contributed by atoms with E-state index in [4.69, 9.17) is 4.52 Å². The lowest BCUT2D eigenvalue weighted by Gasteiger charge is -2.22. The molecule has 1 aromatic carbocycles. The number of aryl methyl sites for hydroxylation is 1. The minimum atomic E-state index is -0.947. The van der Waals surface area contributed by atoms with Gasteiger partial charge in [0.1, 0.15) is 17.1 Å². The van der Waals surface area contributed by atoms with Gasteiger partial charge in [-0.2, -0.15) is 4.98 Å². The molecule has 0 aliphatic heterocycles. The van der Waals surface area contributed by atoms with Crippen LogP contribution in [0.5, 0.6) is 5.75 Å². The monoisotopic (exact) mass is 279 g/mol. The summed E-state index contributed by atoms with van der Waals surface area (Å²) in [4.78, 5) is 16.1. The van der Waals surface area contributed by atoms with Gasteiger partial charge in [0.05, 0.1) is 5.56 Å². The lowest BCUT2D eigenvalue weighted by Crippen LogP contribution is -2.41. The number of carbonyl (C=O) groups is 1. The normalized spacial score (nSPS) is 11.4. The SMILES string of the molecule is Cc1noc(C(C)(C)NC(=O)c2cc(F)ccc2O)n1. The summed E-state index contributed by atoms with van der Waals surface area (Å²) in [6.07, 6.45) is 0. The smallest absolute Gasteiger partial charge is 0.255 e. The summed E-state index contributed by atoms with van der Waals surface area (Å²) in [5.41, 5.74) is -1.11. The number of aromatic hydroxyl groups is 1. The van der Waals surface area contributed by atoms with Crippen LogP contribution in [0.15, 0.2) is 22.7 Å². The highest BCUT2D eigenvalue weighted by atomic mass is 19.1. The van der Waals surface area contributed by atoms with Gasteiger partial charge in [0, 0.05) is 0 Å². The van der Waals surface area contributed by atoms with E-state index in [0.29, 0.717) is 5.82 Å². The van der Waals surface area contributed by atoms with E-state index < -0.39 is 17.3 Å². The van der Waals surface area contributed by atoms with Crippen molar-refractivity contribution in [2.24, 2.45) is 0 Å². The van der Waals surface area contributed by atoms with Crippen molar-refractivity contribution in [2.75, 3.05) is 0 Å². The van der Waals surface area contributed by atoms with Gasteiger partial charge in [-0.3, -0.25) is 4.79 Å². The number of halogens is 1. The van der Waals surface area contributed by atoms with E-state index in [1.807, 2.05) is 0 Å². The number of nitrogens with zero attached hydrogens (tertiary/aromatic N) is 2. The highest BCUT2D eigenvalue weighted by Gasteiger charge is 2.30. The van der Waals surface area contributed by atoms with Gasteiger partial charge in [0.2, 0.25) is 0 Å². The predicted molar refractivity (Wildman–Crippen MR) is 67.6 cm³/mol. The molecular formula is C13H14FN3O3. The van der Waals surface area contributed by atoms with Gasteiger partial charge in [0.15, 0.2) is 5.82 Å². The molecule has 7 heteroatoms. The van der Waals surface area contributed by atoms with Gasteiger partial charge < -0.3 is 14.9 Å². The molecule has 2 N–H and O–H groups in total. The fraction of sp³-hybridized carbons (Fsp3) is 0.308. The van der Waals surface area contributed by atoms with E-state index in [9.17, 15) is 14.3 Å². The van der Waals surface area contributed by atoms with Crippen molar-refractivity contribution >= 4 is 5.91 Å². The topological polar surface area (TPSA) is 88.2 Å². The summed E-state index contributed by atoms with van der Waals surface area (Å²) < 4.78 is 18.1. The van der Waals surface area contributed by atoms with Gasteiger partial charge >= 0.3 is 0 Å². The molecule has 0 spiro atoms. The zero-order valence-corrected chi connectivity index (χ0v) is 11.3. The molecule has 0 unspecified atom stereocenters. The molecule has 0 aliphatic rings. The number of hydrogen-bond acceptors (Lipinski definition) is 5. The number of hydrogen-bond donors (Lipinski definition) is 2. The van der Waals surface area contributed by atoms with E-state index in [0.717, 1.165) is 18.2 Å². The Morgan fingerprint density at radius 1 is 1.45 bits per heavy atom. The maximum Gasteiger partial charge on any atom is 0.255 e. The Labute approximate surface area is 114 Å². The van der Waals surface area contributed by atoms with Crippen molar-refractivity contribution in [1.29, 1.82) is 0 Å². The first-order valence-electron chi connectivity index (χ1n) is 5.91. The third-order valence-electron chi connectivity index (χ3n) is 2.69. The highest BCUT2D eigenvalue weighted by Crippen LogP contribution is 2.22. The van der Waals surface area contributed by atoms with E-state index >= 15 is 0 Å². The van der Waals surface area contributed by atoms with Crippen LogP contribution in [0.2, 0.25) is 0 Å². The maximum absolute atomic E-state index is 13.1. The number of amides is 1. The molecule has 1 heterocycles. The summed E-state index contributed by atoms with van der Waals surface area (Å²) >= 11 is 0. The second-order valence-corrected chi connectivity index (χ2v) is 4.89. The molecule has 2 rings (SSSR count). The van der Waals surface area contributed by atoms with Crippen molar-refractivity contribution in [3.63, 3.8) is 0 Å². The standard InChI is InChI=1S/C13H14FN3O3/c1-7-15-12(20-17-7)13(2,3)16-11(19)9-6-8(14)4-5-10(9)18/h4-6,18H,1-3H3,(H,16,19). The van der Waals surface area contributed by atoms with Gasteiger partial charge in [-0.05, 0) is 39.0 Å². The van der Waals surface area contributed by atoms with E-state index in [1.165, 1.54) is 0 Å². The molecule has 2 aromatic rings. The predicted octanol–water partition coefficient (Wildman–Crippen LogP) is 1.89. The van der Waals surface area contributed by atoms with Crippen LogP contribution in [0.3, 0.4) is 0 Å². The van der Waals surface area contributed by atoms with Gasteiger partial charge in [0.25, 0.3) is 11.8 Å². The Kier molecular flexibility index (Phi) is 3.44. The molecule has 0 bridgehead atoms. The minimum absolute atomic E-state index is 0.158. The Balaban J connectivity index is 2.24. The van der Waals surface area contributed by atoms with E-state index in [2.05, 4.69) is 15.5 Å². The number of phenolic OH excluding ortho intramolecular Hbond substituents is 1. The number of phenols is 1. The molecule has 0 radical (unpaired) electrons. The summed E-state index contributed by atoms with van der Waals surface area (Å²) in [7, 11) is 0. The van der Waals surface area contributed by atoms with Crippen LogP contribution < -0.4 is 5.32 Å². The van der Waals surface area contributed by atoms with Crippen LogP contribution in [0.25, 0.3) is 0 Å². The van der Waals surface area contributed by atoms with Gasteiger partial charge in [-0.1, -0.05) is 5.16 Å². The first-order chi connectivity index (χ1) is 9.29. The van der Waals surface area contributed by atoms with Crippen molar-refractivity contribution < 1.29 is 18.8 Å². The fourth-order valence-corrected chi connectivity index (χ4v) is 1.65. The van der Waals surface area contributed by atoms with Crippen LogP contribution in [0.4, 0.5) is 4.39 Å². The average Bonchev–Trinajstić information content (AvgIpc) is 2.79. The molecular weight excluding hydrogens is 265 g/mol. The van der Waals surface area contributed by atoms with Crippen LogP contribution in [-0.4, -0.2) is 21.2 Å². The van der Waals surface area contributed by atoms with Crippen molar-refractivity contribution in [3.05, 3.63) is 41.3 Å².